The minimum Gasteiger partial charge on any atom is -0.320 e. The zero-order valence-corrected chi connectivity index (χ0v) is 14.1. The molecular formula is C16H22N4O2S. The lowest BCUT2D eigenvalue weighted by atomic mass is 9.84. The Morgan fingerprint density at radius 3 is 2.48 bits per heavy atom. The molecule has 0 atom stereocenters. The van der Waals surface area contributed by atoms with Gasteiger partial charge in [0.2, 0.25) is 10.0 Å². The first-order chi connectivity index (χ1) is 11.1. The van der Waals surface area contributed by atoms with Crippen molar-refractivity contribution in [3.05, 3.63) is 42.0 Å². The third-order valence-electron chi connectivity index (χ3n) is 4.49. The highest BCUT2D eigenvalue weighted by molar-refractivity contribution is 7.89. The van der Waals surface area contributed by atoms with Crippen LogP contribution in [-0.4, -0.2) is 23.2 Å². The molecule has 0 saturated heterocycles. The van der Waals surface area contributed by atoms with Gasteiger partial charge in [-0.2, -0.15) is 0 Å². The second-order valence-electron chi connectivity index (χ2n) is 6.09. The van der Waals surface area contributed by atoms with E-state index in [9.17, 15) is 8.42 Å². The Morgan fingerprint density at radius 1 is 1.17 bits per heavy atom. The molecule has 0 spiro atoms. The number of hydrogen-bond acceptors (Lipinski definition) is 4. The minimum absolute atomic E-state index is 0.128. The molecule has 23 heavy (non-hydrogen) atoms. The Bertz CT molecular complexity index is 747. The molecule has 1 aromatic heterocycles. The fraction of sp³-hybridized carbons (Fsp3) is 0.500. The minimum atomic E-state index is -3.53. The molecule has 6 nitrogen and oxygen atoms in total. The van der Waals surface area contributed by atoms with Crippen molar-refractivity contribution in [2.45, 2.75) is 49.5 Å². The summed E-state index contributed by atoms with van der Waals surface area (Å²) >= 11 is 0. The van der Waals surface area contributed by atoms with Gasteiger partial charge in [0, 0.05) is 7.05 Å². The van der Waals surface area contributed by atoms with E-state index in [4.69, 9.17) is 0 Å². The van der Waals surface area contributed by atoms with Gasteiger partial charge in [-0.25, -0.2) is 13.1 Å². The van der Waals surface area contributed by atoms with E-state index in [2.05, 4.69) is 14.9 Å². The lowest BCUT2D eigenvalue weighted by molar-refractivity contribution is 0.443. The summed E-state index contributed by atoms with van der Waals surface area (Å²) in [6.45, 7) is 0.128. The van der Waals surface area contributed by atoms with Crippen LogP contribution in [0.3, 0.4) is 0 Å². The molecule has 0 bridgehead atoms. The quantitative estimate of drug-likeness (QED) is 0.910. The second kappa shape index (κ2) is 6.80. The van der Waals surface area contributed by atoms with E-state index in [0.717, 1.165) is 0 Å². The molecule has 3 rings (SSSR count). The monoisotopic (exact) mass is 334 g/mol. The molecule has 1 saturated carbocycles. The molecule has 7 heteroatoms. The maximum absolute atomic E-state index is 12.4. The van der Waals surface area contributed by atoms with Crippen molar-refractivity contribution in [1.82, 2.24) is 19.5 Å². The van der Waals surface area contributed by atoms with Crippen LogP contribution in [0.5, 0.6) is 0 Å². The Hall–Kier alpha value is -1.73. The molecule has 1 aliphatic rings. The average molecular weight is 334 g/mol. The van der Waals surface area contributed by atoms with E-state index in [1.807, 2.05) is 12.1 Å². The van der Waals surface area contributed by atoms with Gasteiger partial charge in [0.1, 0.15) is 12.2 Å². The first kappa shape index (κ1) is 16.1. The van der Waals surface area contributed by atoms with Gasteiger partial charge in [-0.15, -0.1) is 10.2 Å². The number of sulfonamides is 1. The van der Waals surface area contributed by atoms with Crippen LogP contribution in [0.1, 0.15) is 49.4 Å². The number of aryl methyl sites for hydroxylation is 1. The molecule has 1 aromatic carbocycles. The molecule has 1 heterocycles. The Labute approximate surface area is 137 Å². The van der Waals surface area contributed by atoms with Crippen molar-refractivity contribution in [3.63, 3.8) is 0 Å². The van der Waals surface area contributed by atoms with Crippen LogP contribution in [0.15, 0.2) is 35.5 Å². The predicted octanol–water partition coefficient (Wildman–Crippen LogP) is 2.34. The normalized spacial score (nSPS) is 16.6. The van der Waals surface area contributed by atoms with E-state index in [-0.39, 0.29) is 6.54 Å². The summed E-state index contributed by atoms with van der Waals surface area (Å²) in [5.41, 5.74) is 1.25. The second-order valence-corrected chi connectivity index (χ2v) is 7.85. The van der Waals surface area contributed by atoms with E-state index >= 15 is 0 Å². The smallest absolute Gasteiger partial charge is 0.240 e. The van der Waals surface area contributed by atoms with Crippen LogP contribution in [0, 0.1) is 0 Å². The van der Waals surface area contributed by atoms with Gasteiger partial charge in [-0.3, -0.25) is 0 Å². The summed E-state index contributed by atoms with van der Waals surface area (Å²) in [4.78, 5) is 0.291. The lowest BCUT2D eigenvalue weighted by Gasteiger charge is -2.22. The van der Waals surface area contributed by atoms with Crippen molar-refractivity contribution in [3.8, 4) is 0 Å². The number of rotatable bonds is 5. The molecule has 2 aromatic rings. The van der Waals surface area contributed by atoms with E-state index in [1.165, 1.54) is 37.7 Å². The number of nitrogens with one attached hydrogen (secondary N) is 1. The topological polar surface area (TPSA) is 76.9 Å². The van der Waals surface area contributed by atoms with Gasteiger partial charge in [0.25, 0.3) is 0 Å². The number of nitrogens with zero attached hydrogens (tertiary/aromatic N) is 3. The summed E-state index contributed by atoms with van der Waals surface area (Å²) in [5, 5.41) is 7.61. The standard InChI is InChI=1S/C16H22N4O2S/c1-20-12-17-19-16(20)11-18-23(21,22)15-9-7-14(8-10-15)13-5-3-2-4-6-13/h7-10,12-13,18H,2-6,11H2,1H3. The number of hydrogen-bond donors (Lipinski definition) is 1. The van der Waals surface area contributed by atoms with Gasteiger partial charge < -0.3 is 4.57 Å². The molecule has 0 aliphatic heterocycles. The highest BCUT2D eigenvalue weighted by Gasteiger charge is 2.18. The molecule has 0 amide bonds. The first-order valence-electron chi connectivity index (χ1n) is 7.99. The van der Waals surface area contributed by atoms with Crippen molar-refractivity contribution in [2.75, 3.05) is 0 Å². The Balaban J connectivity index is 1.68. The van der Waals surface area contributed by atoms with Crippen LogP contribution in [0.25, 0.3) is 0 Å². The number of aromatic nitrogens is 3. The molecule has 1 fully saturated rings. The fourth-order valence-electron chi connectivity index (χ4n) is 3.07. The summed E-state index contributed by atoms with van der Waals surface area (Å²) in [5.74, 6) is 1.15. The predicted molar refractivity (Wildman–Crippen MR) is 87.3 cm³/mol. The fourth-order valence-corrected chi connectivity index (χ4v) is 4.05. The van der Waals surface area contributed by atoms with Crippen molar-refractivity contribution in [1.29, 1.82) is 0 Å². The lowest BCUT2D eigenvalue weighted by Crippen LogP contribution is -2.24. The summed E-state index contributed by atoms with van der Waals surface area (Å²) in [6, 6.07) is 7.30. The zero-order valence-electron chi connectivity index (χ0n) is 13.3. The van der Waals surface area contributed by atoms with Crippen LogP contribution >= 0.6 is 0 Å². The molecular weight excluding hydrogens is 312 g/mol. The SMILES string of the molecule is Cn1cnnc1CNS(=O)(=O)c1ccc(C2CCCCC2)cc1. The van der Waals surface area contributed by atoms with E-state index < -0.39 is 10.0 Å². The third-order valence-corrected chi connectivity index (χ3v) is 5.91. The molecule has 124 valence electrons. The Morgan fingerprint density at radius 2 is 1.87 bits per heavy atom. The summed E-state index contributed by atoms with van der Waals surface area (Å²) in [7, 11) is -1.75. The van der Waals surface area contributed by atoms with Gasteiger partial charge in [0.05, 0.1) is 11.4 Å². The van der Waals surface area contributed by atoms with Crippen LogP contribution in [0.4, 0.5) is 0 Å². The molecule has 0 unspecified atom stereocenters. The molecule has 1 aliphatic carbocycles. The van der Waals surface area contributed by atoms with Crippen molar-refractivity contribution >= 4 is 10.0 Å². The molecule has 1 N–H and O–H groups in total. The van der Waals surface area contributed by atoms with Crippen LogP contribution in [-0.2, 0) is 23.6 Å². The zero-order chi connectivity index (χ0) is 16.3. The van der Waals surface area contributed by atoms with Gasteiger partial charge >= 0.3 is 0 Å². The molecule has 0 radical (unpaired) electrons. The van der Waals surface area contributed by atoms with E-state index in [0.29, 0.717) is 16.6 Å². The highest BCUT2D eigenvalue weighted by Crippen LogP contribution is 2.32. The van der Waals surface area contributed by atoms with Crippen molar-refractivity contribution in [2.24, 2.45) is 7.05 Å². The maximum Gasteiger partial charge on any atom is 0.240 e. The van der Waals surface area contributed by atoms with Crippen LogP contribution < -0.4 is 4.72 Å². The maximum atomic E-state index is 12.4. The van der Waals surface area contributed by atoms with Gasteiger partial charge in [0.15, 0.2) is 0 Å². The van der Waals surface area contributed by atoms with Gasteiger partial charge in [-0.05, 0) is 36.5 Å². The Kier molecular flexibility index (Phi) is 4.77. The summed E-state index contributed by atoms with van der Waals surface area (Å²) in [6.07, 6.45) is 7.80. The summed E-state index contributed by atoms with van der Waals surface area (Å²) < 4.78 is 29.0. The average Bonchev–Trinajstić information content (AvgIpc) is 2.99. The first-order valence-corrected chi connectivity index (χ1v) is 9.47. The third kappa shape index (κ3) is 3.79. The van der Waals surface area contributed by atoms with Crippen LogP contribution in [0.2, 0.25) is 0 Å². The highest BCUT2D eigenvalue weighted by atomic mass is 32.2. The van der Waals surface area contributed by atoms with Gasteiger partial charge in [-0.1, -0.05) is 31.4 Å². The van der Waals surface area contributed by atoms with E-state index in [1.54, 1.807) is 30.1 Å². The largest absolute Gasteiger partial charge is 0.320 e. The number of benzene rings is 1. The van der Waals surface area contributed by atoms with Crippen molar-refractivity contribution < 1.29 is 8.42 Å².